The van der Waals surface area contributed by atoms with Crippen LogP contribution in [0.5, 0.6) is 17.2 Å². The summed E-state index contributed by atoms with van der Waals surface area (Å²) in [5, 5.41) is 27.7. The van der Waals surface area contributed by atoms with Crippen LogP contribution >= 0.6 is 0 Å². The van der Waals surface area contributed by atoms with Gasteiger partial charge in [-0.15, -0.1) is 0 Å². The van der Waals surface area contributed by atoms with E-state index in [1.807, 2.05) is 26.8 Å². The van der Waals surface area contributed by atoms with Gasteiger partial charge in [0.25, 0.3) is 0 Å². The Morgan fingerprint density at radius 3 is 1.71 bits per heavy atom. The Balaban J connectivity index is 0.000000240. The highest BCUT2D eigenvalue weighted by molar-refractivity contribution is 5.82. The van der Waals surface area contributed by atoms with Gasteiger partial charge in [-0.1, -0.05) is 19.9 Å². The number of rotatable bonds is 4. The van der Waals surface area contributed by atoms with E-state index in [4.69, 9.17) is 5.11 Å². The molecule has 2 aromatic rings. The summed E-state index contributed by atoms with van der Waals surface area (Å²) in [6.45, 7) is 5.70. The van der Waals surface area contributed by atoms with Crippen LogP contribution < -0.4 is 0 Å². The topological polar surface area (TPSA) is 94.8 Å². The van der Waals surface area contributed by atoms with Crippen molar-refractivity contribution in [2.24, 2.45) is 0 Å². The lowest BCUT2D eigenvalue weighted by molar-refractivity contribution is 0.111. The zero-order valence-electron chi connectivity index (χ0n) is 14.0. The van der Waals surface area contributed by atoms with Crippen molar-refractivity contribution in [1.82, 2.24) is 0 Å². The van der Waals surface area contributed by atoms with Crippen LogP contribution in [0, 0.1) is 6.92 Å². The summed E-state index contributed by atoms with van der Waals surface area (Å²) in [5.41, 5.74) is 3.22. The number of carbonyl (C=O) groups excluding carboxylic acids is 2. The van der Waals surface area contributed by atoms with Crippen molar-refractivity contribution in [3.63, 3.8) is 0 Å². The number of carbonyl (C=O) groups is 2. The van der Waals surface area contributed by atoms with Crippen molar-refractivity contribution in [3.8, 4) is 17.2 Å². The number of aromatic hydroxyl groups is 3. The van der Waals surface area contributed by atoms with Crippen molar-refractivity contribution in [3.05, 3.63) is 52.1 Å². The molecule has 0 saturated heterocycles. The summed E-state index contributed by atoms with van der Waals surface area (Å²) in [5.74, 6) is -0.0985. The Bertz CT molecular complexity index is 672. The Morgan fingerprint density at radius 2 is 1.25 bits per heavy atom. The number of aldehydes is 2. The van der Waals surface area contributed by atoms with Gasteiger partial charge in [0, 0.05) is 6.07 Å². The first-order valence-electron chi connectivity index (χ1n) is 7.65. The SMILES string of the molecule is CCc1cc(C)cc(O)c1C=O.CCc1cc(O)cc(O)c1C=O. The van der Waals surface area contributed by atoms with E-state index in [1.165, 1.54) is 6.07 Å². The number of phenols is 3. The number of benzene rings is 2. The predicted molar refractivity (Wildman–Crippen MR) is 92.1 cm³/mol. The molecule has 0 radical (unpaired) electrons. The lowest BCUT2D eigenvalue weighted by atomic mass is 10.0. The molecule has 0 saturated carbocycles. The van der Waals surface area contributed by atoms with Gasteiger partial charge in [0.05, 0.1) is 11.1 Å². The summed E-state index contributed by atoms with van der Waals surface area (Å²) < 4.78 is 0. The lowest BCUT2D eigenvalue weighted by Gasteiger charge is -2.05. The maximum Gasteiger partial charge on any atom is 0.154 e. The fraction of sp³-hybridized carbons (Fsp3) is 0.263. The van der Waals surface area contributed by atoms with Gasteiger partial charge in [-0.3, -0.25) is 9.59 Å². The van der Waals surface area contributed by atoms with E-state index in [1.54, 1.807) is 6.07 Å². The van der Waals surface area contributed by atoms with Gasteiger partial charge in [-0.05, 0) is 48.6 Å². The van der Waals surface area contributed by atoms with E-state index in [9.17, 15) is 19.8 Å². The molecule has 0 amide bonds. The van der Waals surface area contributed by atoms with Crippen LogP contribution in [-0.4, -0.2) is 27.9 Å². The highest BCUT2D eigenvalue weighted by atomic mass is 16.3. The smallest absolute Gasteiger partial charge is 0.154 e. The van der Waals surface area contributed by atoms with Gasteiger partial charge in [-0.25, -0.2) is 0 Å². The molecule has 0 unspecified atom stereocenters. The minimum Gasteiger partial charge on any atom is -0.508 e. The number of hydrogen-bond acceptors (Lipinski definition) is 5. The van der Waals surface area contributed by atoms with Crippen LogP contribution in [-0.2, 0) is 12.8 Å². The molecule has 5 heteroatoms. The van der Waals surface area contributed by atoms with Crippen molar-refractivity contribution in [1.29, 1.82) is 0 Å². The van der Waals surface area contributed by atoms with Gasteiger partial charge < -0.3 is 15.3 Å². The Hall–Kier alpha value is -2.82. The maximum absolute atomic E-state index is 10.6. The third-order valence-electron chi connectivity index (χ3n) is 3.61. The fourth-order valence-electron chi connectivity index (χ4n) is 2.39. The maximum atomic E-state index is 10.6. The molecule has 0 aliphatic heterocycles. The summed E-state index contributed by atoms with van der Waals surface area (Å²) in [4.78, 5) is 21.0. The monoisotopic (exact) mass is 330 g/mol. The summed E-state index contributed by atoms with van der Waals surface area (Å²) in [6, 6.07) is 6.15. The first kappa shape index (κ1) is 19.2. The number of aryl methyl sites for hydroxylation is 3. The minimum atomic E-state index is -0.165. The van der Waals surface area contributed by atoms with Crippen LogP contribution in [0.4, 0.5) is 0 Å². The Labute approximate surface area is 141 Å². The molecule has 0 aromatic heterocycles. The highest BCUT2D eigenvalue weighted by Crippen LogP contribution is 2.25. The Kier molecular flexibility index (Phi) is 6.98. The van der Waals surface area contributed by atoms with Crippen molar-refractivity contribution in [2.45, 2.75) is 33.6 Å². The number of hydrogen-bond donors (Lipinski definition) is 3. The first-order chi connectivity index (χ1) is 11.4. The summed E-state index contributed by atoms with van der Waals surface area (Å²) >= 11 is 0. The average molecular weight is 330 g/mol. The van der Waals surface area contributed by atoms with Crippen LogP contribution in [0.15, 0.2) is 24.3 Å². The normalized spacial score (nSPS) is 9.79. The van der Waals surface area contributed by atoms with Crippen molar-refractivity contribution in [2.75, 3.05) is 0 Å². The molecule has 24 heavy (non-hydrogen) atoms. The second-order valence-electron chi connectivity index (χ2n) is 5.34. The quantitative estimate of drug-likeness (QED) is 0.745. The highest BCUT2D eigenvalue weighted by Gasteiger charge is 2.07. The first-order valence-corrected chi connectivity index (χ1v) is 7.65. The van der Waals surface area contributed by atoms with Crippen molar-refractivity contribution >= 4 is 12.6 Å². The van der Waals surface area contributed by atoms with E-state index < -0.39 is 0 Å². The van der Waals surface area contributed by atoms with Gasteiger partial charge in [0.15, 0.2) is 12.6 Å². The molecule has 3 N–H and O–H groups in total. The molecule has 0 heterocycles. The van der Waals surface area contributed by atoms with Crippen LogP contribution in [0.25, 0.3) is 0 Å². The van der Waals surface area contributed by atoms with Gasteiger partial charge in [-0.2, -0.15) is 0 Å². The zero-order chi connectivity index (χ0) is 18.3. The van der Waals surface area contributed by atoms with Crippen molar-refractivity contribution < 1.29 is 24.9 Å². The molecule has 0 fully saturated rings. The third-order valence-corrected chi connectivity index (χ3v) is 3.61. The molecule has 0 atom stereocenters. The molecule has 0 bridgehead atoms. The zero-order valence-corrected chi connectivity index (χ0v) is 14.0. The molecule has 128 valence electrons. The molecule has 5 nitrogen and oxygen atoms in total. The molecule has 2 rings (SSSR count). The van der Waals surface area contributed by atoms with Crippen LogP contribution in [0.2, 0.25) is 0 Å². The number of phenolic OH excluding ortho intramolecular Hbond substituents is 3. The van der Waals surface area contributed by atoms with Gasteiger partial charge >= 0.3 is 0 Å². The lowest BCUT2D eigenvalue weighted by Crippen LogP contribution is -1.92. The van der Waals surface area contributed by atoms with Crippen LogP contribution in [0.3, 0.4) is 0 Å². The fourth-order valence-corrected chi connectivity index (χ4v) is 2.39. The standard InChI is InChI=1S/C10H12O2.C9H10O3/c1-3-8-4-7(2)5-10(12)9(8)6-11;1-2-6-3-7(11)4-9(12)8(6)5-10/h4-6,12H,3H2,1-2H3;3-5,11-12H,2H2,1H3. The molecular weight excluding hydrogens is 308 g/mol. The molecule has 0 aliphatic carbocycles. The second-order valence-corrected chi connectivity index (χ2v) is 5.34. The summed E-state index contributed by atoms with van der Waals surface area (Å²) in [7, 11) is 0. The van der Waals surface area contributed by atoms with E-state index >= 15 is 0 Å². The molecule has 0 spiro atoms. The average Bonchev–Trinajstić information content (AvgIpc) is 2.54. The summed E-state index contributed by atoms with van der Waals surface area (Å²) in [6.07, 6.45) is 2.67. The minimum absolute atomic E-state index is 0.0186. The predicted octanol–water partition coefficient (Wildman–Crippen LogP) is 3.55. The van der Waals surface area contributed by atoms with E-state index in [0.717, 1.165) is 23.6 Å². The van der Waals surface area contributed by atoms with E-state index in [2.05, 4.69) is 0 Å². The van der Waals surface area contributed by atoms with E-state index in [-0.39, 0.29) is 22.8 Å². The molecular formula is C19H22O5. The van der Waals surface area contributed by atoms with Gasteiger partial charge in [0.2, 0.25) is 0 Å². The third kappa shape index (κ3) is 4.59. The second kappa shape index (κ2) is 8.72. The Morgan fingerprint density at radius 1 is 0.792 bits per heavy atom. The van der Waals surface area contributed by atoms with E-state index in [0.29, 0.717) is 30.1 Å². The largest absolute Gasteiger partial charge is 0.508 e. The molecule has 2 aromatic carbocycles. The van der Waals surface area contributed by atoms with Crippen LogP contribution in [0.1, 0.15) is 51.3 Å². The molecule has 0 aliphatic rings. The van der Waals surface area contributed by atoms with Gasteiger partial charge in [0.1, 0.15) is 17.2 Å².